The molecule has 13 heteroatoms. The third-order valence-corrected chi connectivity index (χ3v) is 7.09. The highest BCUT2D eigenvalue weighted by molar-refractivity contribution is 6.01. The Hall–Kier alpha value is -4.05. The minimum atomic E-state index is -0.944. The number of amides is 3. The van der Waals surface area contributed by atoms with E-state index in [0.29, 0.717) is 31.8 Å². The third kappa shape index (κ3) is 5.04. The van der Waals surface area contributed by atoms with Gasteiger partial charge in [0.1, 0.15) is 17.7 Å². The molecule has 3 fully saturated rings. The summed E-state index contributed by atoms with van der Waals surface area (Å²) in [5, 5.41) is 26.3. The predicted octanol–water partition coefficient (Wildman–Crippen LogP) is 1.06. The SMILES string of the molecule is CC(C)(C)OC(=O)NC(CN1CC2CC1C(=O)N2c1cccc(-c2nn[nH]n2)c1)C(=O)N1CCCC1C#N. The number of carbonyl (C=O) groups is 3. The number of nitrogens with one attached hydrogen (secondary N) is 2. The Morgan fingerprint density at radius 2 is 2.16 bits per heavy atom. The maximum absolute atomic E-state index is 13.5. The number of aromatic amines is 1. The number of hydrogen-bond acceptors (Lipinski definition) is 9. The first-order valence-electron chi connectivity index (χ1n) is 12.8. The first-order valence-corrected chi connectivity index (χ1v) is 12.8. The van der Waals surface area contributed by atoms with E-state index >= 15 is 0 Å². The molecule has 2 aromatic rings. The Morgan fingerprint density at radius 3 is 2.84 bits per heavy atom. The first-order chi connectivity index (χ1) is 18.1. The Balaban J connectivity index is 1.32. The fraction of sp³-hybridized carbons (Fsp3) is 0.560. The standard InChI is InChI=1S/C25H31N9O4/c1-25(2,3)38-24(37)27-19(22(35)33-9-5-8-17(33)12-26)14-32-13-18-11-20(32)23(36)34(18)16-7-4-6-15(10-16)21-28-30-31-29-21/h4,6-7,10,17-20H,5,8-9,11,13-14H2,1-3H3,(H,27,37)(H,28,29,30,31). The van der Waals surface area contributed by atoms with Gasteiger partial charge in [-0.1, -0.05) is 12.1 Å². The summed E-state index contributed by atoms with van der Waals surface area (Å²) in [4.78, 5) is 44.8. The Bertz CT molecular complexity index is 1250. The van der Waals surface area contributed by atoms with Crippen LogP contribution < -0.4 is 10.2 Å². The second kappa shape index (κ2) is 10.0. The van der Waals surface area contributed by atoms with Crippen molar-refractivity contribution in [1.29, 1.82) is 5.26 Å². The molecule has 0 aliphatic carbocycles. The van der Waals surface area contributed by atoms with Gasteiger partial charge in [0, 0.05) is 30.9 Å². The van der Waals surface area contributed by atoms with Gasteiger partial charge in [-0.05, 0) is 57.4 Å². The topological polar surface area (TPSA) is 160 Å². The van der Waals surface area contributed by atoms with Crippen molar-refractivity contribution in [1.82, 2.24) is 35.7 Å². The molecule has 1 aromatic carbocycles. The minimum Gasteiger partial charge on any atom is -0.444 e. The van der Waals surface area contributed by atoms with Gasteiger partial charge in [-0.2, -0.15) is 10.5 Å². The maximum atomic E-state index is 13.5. The summed E-state index contributed by atoms with van der Waals surface area (Å²) in [6.45, 7) is 6.39. The average molecular weight is 522 g/mol. The summed E-state index contributed by atoms with van der Waals surface area (Å²) in [7, 11) is 0. The van der Waals surface area contributed by atoms with Gasteiger partial charge < -0.3 is 19.9 Å². The van der Waals surface area contributed by atoms with Crippen LogP contribution in [0, 0.1) is 11.3 Å². The lowest BCUT2D eigenvalue weighted by Crippen LogP contribution is -2.59. The van der Waals surface area contributed by atoms with Crippen molar-refractivity contribution in [2.24, 2.45) is 0 Å². The van der Waals surface area contributed by atoms with E-state index in [9.17, 15) is 19.6 Å². The smallest absolute Gasteiger partial charge is 0.408 e. The van der Waals surface area contributed by atoms with Gasteiger partial charge in [-0.3, -0.25) is 14.5 Å². The molecule has 38 heavy (non-hydrogen) atoms. The lowest BCUT2D eigenvalue weighted by molar-refractivity contribution is -0.135. The molecule has 0 saturated carbocycles. The van der Waals surface area contributed by atoms with Crippen molar-refractivity contribution in [3.8, 4) is 17.5 Å². The molecule has 4 heterocycles. The quantitative estimate of drug-likeness (QED) is 0.566. The van der Waals surface area contributed by atoms with Crippen LogP contribution in [0.4, 0.5) is 10.5 Å². The lowest BCUT2D eigenvalue weighted by atomic mass is 10.1. The minimum absolute atomic E-state index is 0.0638. The highest BCUT2D eigenvalue weighted by Crippen LogP contribution is 2.37. The zero-order chi connectivity index (χ0) is 27.0. The van der Waals surface area contributed by atoms with Gasteiger partial charge in [0.25, 0.3) is 0 Å². The highest BCUT2D eigenvalue weighted by Gasteiger charge is 2.51. The number of nitriles is 1. The molecule has 3 aliphatic heterocycles. The van der Waals surface area contributed by atoms with Crippen molar-refractivity contribution in [3.05, 3.63) is 24.3 Å². The molecule has 4 atom stereocenters. The normalized spacial score (nSPS) is 23.9. The number of ether oxygens (including phenoxy) is 1. The van der Waals surface area contributed by atoms with E-state index in [1.54, 1.807) is 25.7 Å². The summed E-state index contributed by atoms with van der Waals surface area (Å²) in [5.74, 6) is 0.0447. The molecule has 0 spiro atoms. The van der Waals surface area contributed by atoms with Crippen molar-refractivity contribution in [2.75, 3.05) is 24.5 Å². The van der Waals surface area contributed by atoms with Crippen LogP contribution in [0.1, 0.15) is 40.0 Å². The average Bonchev–Trinajstić information content (AvgIpc) is 3.66. The lowest BCUT2D eigenvalue weighted by Gasteiger charge is -2.36. The molecule has 2 bridgehead atoms. The number of rotatable bonds is 6. The van der Waals surface area contributed by atoms with E-state index in [4.69, 9.17) is 4.74 Å². The Labute approximate surface area is 220 Å². The van der Waals surface area contributed by atoms with Crippen LogP contribution in [0.3, 0.4) is 0 Å². The van der Waals surface area contributed by atoms with Crippen molar-refractivity contribution in [2.45, 2.75) is 69.8 Å². The summed E-state index contributed by atoms with van der Waals surface area (Å²) < 4.78 is 5.40. The molecule has 1 aromatic heterocycles. The largest absolute Gasteiger partial charge is 0.444 e. The molecule has 200 valence electrons. The van der Waals surface area contributed by atoms with Crippen LogP contribution in [-0.2, 0) is 14.3 Å². The molecular formula is C25H31N9O4. The number of benzene rings is 1. The molecule has 3 amide bonds. The molecule has 4 unspecified atom stereocenters. The van der Waals surface area contributed by atoms with Crippen LogP contribution in [0.15, 0.2) is 24.3 Å². The number of nitrogens with zero attached hydrogens (tertiary/aromatic N) is 7. The van der Waals surface area contributed by atoms with E-state index in [-0.39, 0.29) is 24.4 Å². The van der Waals surface area contributed by atoms with Gasteiger partial charge in [-0.15, -0.1) is 10.2 Å². The molecule has 3 saturated heterocycles. The zero-order valence-corrected chi connectivity index (χ0v) is 21.6. The van der Waals surface area contributed by atoms with E-state index in [2.05, 4.69) is 32.0 Å². The fourth-order valence-corrected chi connectivity index (χ4v) is 5.52. The van der Waals surface area contributed by atoms with Crippen LogP contribution in [0.2, 0.25) is 0 Å². The summed E-state index contributed by atoms with van der Waals surface area (Å²) in [6.07, 6.45) is 1.24. The number of hydrogen-bond donors (Lipinski definition) is 2. The second-order valence-corrected chi connectivity index (χ2v) is 10.9. The summed E-state index contributed by atoms with van der Waals surface area (Å²) >= 11 is 0. The number of H-pyrrole nitrogens is 1. The monoisotopic (exact) mass is 521 g/mol. The van der Waals surface area contributed by atoms with Crippen LogP contribution in [-0.4, -0.2) is 97.7 Å². The molecule has 3 aliphatic rings. The van der Waals surface area contributed by atoms with E-state index in [1.165, 1.54) is 4.90 Å². The number of aromatic nitrogens is 4. The highest BCUT2D eigenvalue weighted by atomic mass is 16.6. The van der Waals surface area contributed by atoms with Gasteiger partial charge in [0.15, 0.2) is 0 Å². The van der Waals surface area contributed by atoms with Gasteiger partial charge >= 0.3 is 6.09 Å². The van der Waals surface area contributed by atoms with Crippen LogP contribution in [0.5, 0.6) is 0 Å². The number of alkyl carbamates (subject to hydrolysis) is 1. The number of carbonyl (C=O) groups excluding carboxylic acids is 3. The number of likely N-dealkylation sites (tertiary alicyclic amines) is 2. The number of fused-ring (bicyclic) bond motifs is 2. The van der Waals surface area contributed by atoms with E-state index in [0.717, 1.165) is 17.7 Å². The number of piperazine rings is 1. The molecule has 2 N–H and O–H groups in total. The Morgan fingerprint density at radius 1 is 1.34 bits per heavy atom. The Kier molecular flexibility index (Phi) is 6.75. The first kappa shape index (κ1) is 25.6. The molecule has 0 radical (unpaired) electrons. The van der Waals surface area contributed by atoms with Crippen molar-refractivity contribution < 1.29 is 19.1 Å². The molecule has 13 nitrogen and oxygen atoms in total. The molecule has 5 rings (SSSR count). The van der Waals surface area contributed by atoms with Crippen molar-refractivity contribution in [3.63, 3.8) is 0 Å². The second-order valence-electron chi connectivity index (χ2n) is 10.9. The van der Waals surface area contributed by atoms with Crippen molar-refractivity contribution >= 4 is 23.6 Å². The zero-order valence-electron chi connectivity index (χ0n) is 21.6. The van der Waals surface area contributed by atoms with E-state index < -0.39 is 29.8 Å². The van der Waals surface area contributed by atoms with Gasteiger partial charge in [0.2, 0.25) is 17.6 Å². The van der Waals surface area contributed by atoms with Gasteiger partial charge in [0.05, 0.1) is 18.2 Å². The molecular weight excluding hydrogens is 490 g/mol. The summed E-state index contributed by atoms with van der Waals surface area (Å²) in [6, 6.07) is 7.64. The maximum Gasteiger partial charge on any atom is 0.408 e. The fourth-order valence-electron chi connectivity index (χ4n) is 5.52. The number of tetrazole rings is 1. The summed E-state index contributed by atoms with van der Waals surface area (Å²) in [5.41, 5.74) is 0.756. The third-order valence-electron chi connectivity index (χ3n) is 7.09. The number of anilines is 1. The van der Waals surface area contributed by atoms with Gasteiger partial charge in [-0.25, -0.2) is 4.79 Å². The van der Waals surface area contributed by atoms with E-state index in [1.807, 2.05) is 29.2 Å². The van der Waals surface area contributed by atoms with Crippen LogP contribution >= 0.6 is 0 Å². The predicted molar refractivity (Wildman–Crippen MR) is 134 cm³/mol. The van der Waals surface area contributed by atoms with Crippen LogP contribution in [0.25, 0.3) is 11.4 Å².